The summed E-state index contributed by atoms with van der Waals surface area (Å²) in [5.41, 5.74) is 2.12. The molecule has 0 heterocycles. The van der Waals surface area contributed by atoms with Gasteiger partial charge in [0.2, 0.25) is 0 Å². The maximum atomic E-state index is 13.5. The topological polar surface area (TPSA) is 102 Å². The first kappa shape index (κ1) is 35.6. The molecule has 2 aliphatic carbocycles. The Morgan fingerprint density at radius 3 is 2.28 bits per heavy atom. The second kappa shape index (κ2) is 17.0. The van der Waals surface area contributed by atoms with Crippen LogP contribution in [0.2, 0.25) is 0 Å². The second-order valence-corrected chi connectivity index (χ2v) is 14.1. The fraction of sp³-hybridized carbons (Fsp3) is 0.686. The third-order valence-electron chi connectivity index (χ3n) is 8.78. The molecule has 242 valence electrons. The van der Waals surface area contributed by atoms with Crippen LogP contribution < -0.4 is 4.74 Å². The average molecular weight is 619 g/mol. The first-order chi connectivity index (χ1) is 20.5. The summed E-state index contributed by atoms with van der Waals surface area (Å²) in [7, 11) is -4.46. The SMILES string of the molecule is C=C(C)[C@@H]1CCC(C)=C[C@H]1c1c(O)cc(CCCCC)cc1OC(=O)C1(OP(=O)(O)OCCCCCCCCCC)CC1. The van der Waals surface area contributed by atoms with Gasteiger partial charge in [0.05, 0.1) is 6.61 Å². The zero-order chi connectivity index (χ0) is 31.5. The standard InChI is InChI=1S/C35H55O7P/c1-6-8-10-11-12-13-14-16-22-40-43(38,39)42-35(20-21-35)34(37)41-32-25-28(17-15-9-7-2)24-31(36)33(32)30-23-27(5)18-19-29(30)26(3)4/h23-25,29-30,36H,3,6-22H2,1-2,4-5H3,(H,38,39)/t29-,30+/m0/s1. The van der Waals surface area contributed by atoms with Crippen LogP contribution in [0.25, 0.3) is 0 Å². The van der Waals surface area contributed by atoms with Crippen molar-refractivity contribution < 1.29 is 33.1 Å². The minimum atomic E-state index is -4.46. The largest absolute Gasteiger partial charge is 0.507 e. The number of allylic oxidation sites excluding steroid dienone is 3. The van der Waals surface area contributed by atoms with Crippen molar-refractivity contribution in [3.8, 4) is 11.5 Å². The van der Waals surface area contributed by atoms with E-state index in [1.165, 1.54) is 31.3 Å². The molecule has 1 unspecified atom stereocenters. The second-order valence-electron chi connectivity index (χ2n) is 12.8. The summed E-state index contributed by atoms with van der Waals surface area (Å²) < 4.78 is 29.5. The average Bonchev–Trinajstić information content (AvgIpc) is 3.72. The molecule has 0 saturated heterocycles. The van der Waals surface area contributed by atoms with Crippen LogP contribution in [-0.2, 0) is 24.8 Å². The van der Waals surface area contributed by atoms with E-state index in [4.69, 9.17) is 13.8 Å². The lowest BCUT2D eigenvalue weighted by molar-refractivity contribution is -0.145. The number of phosphoric ester groups is 1. The molecule has 2 N–H and O–H groups in total. The number of unbranched alkanes of at least 4 members (excludes halogenated alkanes) is 9. The van der Waals surface area contributed by atoms with Gasteiger partial charge in [0.25, 0.3) is 0 Å². The van der Waals surface area contributed by atoms with E-state index < -0.39 is 19.4 Å². The van der Waals surface area contributed by atoms with Gasteiger partial charge in [-0.15, -0.1) is 0 Å². The monoisotopic (exact) mass is 618 g/mol. The molecule has 0 aliphatic heterocycles. The molecular formula is C35H55O7P. The van der Waals surface area contributed by atoms with E-state index in [0.717, 1.165) is 68.9 Å². The van der Waals surface area contributed by atoms with Crippen molar-refractivity contribution in [3.05, 3.63) is 47.1 Å². The van der Waals surface area contributed by atoms with Crippen LogP contribution in [0.1, 0.15) is 141 Å². The molecule has 43 heavy (non-hydrogen) atoms. The number of phenols is 1. The summed E-state index contributed by atoms with van der Waals surface area (Å²) in [6.45, 7) is 12.7. The van der Waals surface area contributed by atoms with Crippen LogP contribution in [0.15, 0.2) is 35.9 Å². The third-order valence-corrected chi connectivity index (χ3v) is 9.87. The summed E-state index contributed by atoms with van der Waals surface area (Å²) in [4.78, 5) is 24.0. The van der Waals surface area contributed by atoms with Gasteiger partial charge in [-0.25, -0.2) is 9.36 Å². The quantitative estimate of drug-likeness (QED) is 0.0493. The van der Waals surface area contributed by atoms with E-state index in [1.807, 2.05) is 13.0 Å². The van der Waals surface area contributed by atoms with Gasteiger partial charge >= 0.3 is 13.8 Å². The van der Waals surface area contributed by atoms with E-state index in [1.54, 1.807) is 6.07 Å². The number of aromatic hydroxyl groups is 1. The van der Waals surface area contributed by atoms with Gasteiger partial charge in [0.15, 0.2) is 5.60 Å². The summed E-state index contributed by atoms with van der Waals surface area (Å²) in [5.74, 6) is -0.472. The van der Waals surface area contributed by atoms with Crippen LogP contribution in [-0.4, -0.2) is 28.2 Å². The highest BCUT2D eigenvalue weighted by atomic mass is 31.2. The number of phosphoric acid groups is 1. The molecule has 1 saturated carbocycles. The number of aryl methyl sites for hydroxylation is 1. The Hall–Kier alpha value is -1.92. The van der Waals surface area contributed by atoms with Crippen molar-refractivity contribution >= 4 is 13.8 Å². The van der Waals surface area contributed by atoms with Gasteiger partial charge in [-0.05, 0) is 82.4 Å². The zero-order valence-electron chi connectivity index (χ0n) is 27.0. The number of carbonyl (C=O) groups is 1. The molecule has 3 atom stereocenters. The number of hydrogen-bond donors (Lipinski definition) is 2. The molecule has 0 spiro atoms. The van der Waals surface area contributed by atoms with Gasteiger partial charge < -0.3 is 14.7 Å². The van der Waals surface area contributed by atoms with Gasteiger partial charge in [0, 0.05) is 11.5 Å². The van der Waals surface area contributed by atoms with E-state index in [-0.39, 0.29) is 42.8 Å². The molecule has 0 radical (unpaired) electrons. The Morgan fingerprint density at radius 1 is 1.02 bits per heavy atom. The van der Waals surface area contributed by atoms with Crippen LogP contribution in [0.3, 0.4) is 0 Å². The minimum absolute atomic E-state index is 0.0892. The molecule has 0 aromatic heterocycles. The lowest BCUT2D eigenvalue weighted by atomic mass is 9.73. The summed E-state index contributed by atoms with van der Waals surface area (Å²) in [6.07, 6.45) is 17.1. The highest BCUT2D eigenvalue weighted by molar-refractivity contribution is 7.47. The minimum Gasteiger partial charge on any atom is -0.507 e. The molecular weight excluding hydrogens is 563 g/mol. The lowest BCUT2D eigenvalue weighted by Crippen LogP contribution is -2.31. The van der Waals surface area contributed by atoms with E-state index in [9.17, 15) is 19.4 Å². The molecule has 0 bridgehead atoms. The van der Waals surface area contributed by atoms with Gasteiger partial charge in [0.1, 0.15) is 11.5 Å². The Bertz CT molecular complexity index is 1150. The normalized spacial score (nSPS) is 20.7. The molecule has 0 amide bonds. The summed E-state index contributed by atoms with van der Waals surface area (Å²) in [5, 5.41) is 11.3. The number of benzene rings is 1. The van der Waals surface area contributed by atoms with Gasteiger partial charge in [-0.1, -0.05) is 95.4 Å². The van der Waals surface area contributed by atoms with Crippen molar-refractivity contribution in [2.45, 2.75) is 142 Å². The highest BCUT2D eigenvalue weighted by Crippen LogP contribution is 2.56. The Morgan fingerprint density at radius 2 is 1.65 bits per heavy atom. The molecule has 7 nitrogen and oxygen atoms in total. The number of ether oxygens (including phenoxy) is 1. The number of rotatable bonds is 20. The number of carbonyl (C=O) groups excluding carboxylic acids is 1. The van der Waals surface area contributed by atoms with Crippen molar-refractivity contribution in [2.24, 2.45) is 5.92 Å². The molecule has 3 rings (SSSR count). The predicted octanol–water partition coefficient (Wildman–Crippen LogP) is 9.85. The Balaban J connectivity index is 1.71. The van der Waals surface area contributed by atoms with Crippen LogP contribution >= 0.6 is 7.82 Å². The molecule has 1 fully saturated rings. The predicted molar refractivity (Wildman–Crippen MR) is 172 cm³/mol. The summed E-state index contributed by atoms with van der Waals surface area (Å²) >= 11 is 0. The number of esters is 1. The smallest absolute Gasteiger partial charge is 0.473 e. The van der Waals surface area contributed by atoms with Crippen LogP contribution in [0.5, 0.6) is 11.5 Å². The van der Waals surface area contributed by atoms with Gasteiger partial charge in [-0.2, -0.15) is 0 Å². The van der Waals surface area contributed by atoms with E-state index in [2.05, 4.69) is 33.4 Å². The molecule has 2 aliphatic rings. The van der Waals surface area contributed by atoms with Crippen molar-refractivity contribution in [1.29, 1.82) is 0 Å². The first-order valence-electron chi connectivity index (χ1n) is 16.6. The van der Waals surface area contributed by atoms with Crippen LogP contribution in [0.4, 0.5) is 0 Å². The fourth-order valence-electron chi connectivity index (χ4n) is 6.02. The Kier molecular flexibility index (Phi) is 14.0. The molecule has 8 heteroatoms. The maximum Gasteiger partial charge on any atom is 0.473 e. The van der Waals surface area contributed by atoms with Crippen LogP contribution in [0, 0.1) is 5.92 Å². The van der Waals surface area contributed by atoms with Crippen molar-refractivity contribution in [3.63, 3.8) is 0 Å². The molecule has 1 aromatic carbocycles. The molecule has 1 aromatic rings. The van der Waals surface area contributed by atoms with E-state index >= 15 is 0 Å². The maximum absolute atomic E-state index is 13.5. The zero-order valence-corrected chi connectivity index (χ0v) is 27.9. The lowest BCUT2D eigenvalue weighted by Gasteiger charge is -2.32. The van der Waals surface area contributed by atoms with E-state index in [0.29, 0.717) is 12.0 Å². The number of hydrogen-bond acceptors (Lipinski definition) is 6. The Labute approximate surface area is 259 Å². The first-order valence-corrected chi connectivity index (χ1v) is 18.1. The van der Waals surface area contributed by atoms with Gasteiger partial charge in [-0.3, -0.25) is 9.05 Å². The summed E-state index contributed by atoms with van der Waals surface area (Å²) in [6, 6.07) is 3.61. The third kappa shape index (κ3) is 10.9. The highest BCUT2D eigenvalue weighted by Gasteiger charge is 2.58. The fourth-order valence-corrected chi connectivity index (χ4v) is 7.13. The van der Waals surface area contributed by atoms with Crippen molar-refractivity contribution in [2.75, 3.05) is 6.61 Å². The number of phenolic OH excluding ortho intramolecular Hbond substituents is 1. The van der Waals surface area contributed by atoms with Crippen molar-refractivity contribution in [1.82, 2.24) is 0 Å².